The average Bonchev–Trinajstić information content (AvgIpc) is 3.10. The van der Waals surface area contributed by atoms with E-state index in [4.69, 9.17) is 4.74 Å². The Hall–Kier alpha value is -4.14. The lowest BCUT2D eigenvalue weighted by atomic mass is 10.1. The molecule has 1 N–H and O–H groups in total. The number of para-hydroxylation sites is 1. The Morgan fingerprint density at radius 2 is 1.61 bits per heavy atom. The van der Waals surface area contributed by atoms with E-state index in [2.05, 4.69) is 5.32 Å². The Morgan fingerprint density at radius 3 is 2.31 bits per heavy atom. The summed E-state index contributed by atoms with van der Waals surface area (Å²) in [5.74, 6) is -1.60. The highest BCUT2D eigenvalue weighted by Gasteiger charge is 2.34. The van der Waals surface area contributed by atoms with Gasteiger partial charge in [0.25, 0.3) is 5.91 Å². The van der Waals surface area contributed by atoms with Crippen molar-refractivity contribution in [3.05, 3.63) is 113 Å². The van der Waals surface area contributed by atoms with Crippen molar-refractivity contribution in [1.82, 2.24) is 4.57 Å². The van der Waals surface area contributed by atoms with Crippen molar-refractivity contribution in [3.8, 4) is 11.4 Å². The van der Waals surface area contributed by atoms with Crippen molar-refractivity contribution in [2.24, 2.45) is 0 Å². The second-order valence-corrected chi connectivity index (χ2v) is 8.18. The molecule has 0 saturated carbocycles. The smallest absolute Gasteiger partial charge is 0.418 e. The molecule has 4 nitrogen and oxygen atoms in total. The molecule has 0 aliphatic rings. The van der Waals surface area contributed by atoms with Crippen LogP contribution in [0.1, 0.15) is 32.9 Å². The van der Waals surface area contributed by atoms with Gasteiger partial charge in [0.15, 0.2) is 0 Å². The third-order valence-electron chi connectivity index (χ3n) is 5.55. The standard InChI is InChI=1S/C27H21F5N2O2/c1-16-10-23(17(2)34(16)25-9-4-3-8-24(25)27(30,31)32)26(35)33-21-6-5-7-22(14-21)36-15-18-11-19(28)13-20(29)12-18/h3-14H,15H2,1-2H3,(H,33,35). The summed E-state index contributed by atoms with van der Waals surface area (Å²) in [7, 11) is 0. The van der Waals surface area contributed by atoms with E-state index < -0.39 is 29.3 Å². The summed E-state index contributed by atoms with van der Waals surface area (Å²) in [5.41, 5.74) is 0.837. The van der Waals surface area contributed by atoms with Gasteiger partial charge in [-0.2, -0.15) is 13.2 Å². The molecule has 0 fully saturated rings. The molecular formula is C27H21F5N2O2. The highest BCUT2D eigenvalue weighted by Crippen LogP contribution is 2.35. The van der Waals surface area contributed by atoms with Crippen molar-refractivity contribution in [2.45, 2.75) is 26.6 Å². The molecule has 0 radical (unpaired) electrons. The molecule has 0 spiro atoms. The maximum atomic E-state index is 13.6. The van der Waals surface area contributed by atoms with Gasteiger partial charge < -0.3 is 14.6 Å². The molecule has 4 rings (SSSR count). The van der Waals surface area contributed by atoms with Gasteiger partial charge in [0, 0.05) is 29.2 Å². The maximum absolute atomic E-state index is 13.6. The highest BCUT2D eigenvalue weighted by atomic mass is 19.4. The first kappa shape index (κ1) is 25.0. The largest absolute Gasteiger partial charge is 0.489 e. The minimum atomic E-state index is -4.56. The zero-order chi connectivity index (χ0) is 26.0. The molecule has 0 bridgehead atoms. The minimum absolute atomic E-state index is 0.0665. The van der Waals surface area contributed by atoms with Crippen LogP contribution < -0.4 is 10.1 Å². The Morgan fingerprint density at radius 1 is 0.917 bits per heavy atom. The SMILES string of the molecule is Cc1cc(C(=O)Nc2cccc(OCc3cc(F)cc(F)c3)c2)c(C)n1-c1ccccc1C(F)(F)F. The van der Waals surface area contributed by atoms with Crippen LogP contribution in [-0.4, -0.2) is 10.5 Å². The highest BCUT2D eigenvalue weighted by molar-refractivity contribution is 6.05. The molecule has 0 saturated heterocycles. The first-order valence-corrected chi connectivity index (χ1v) is 10.9. The van der Waals surface area contributed by atoms with Crippen LogP contribution in [0.4, 0.5) is 27.6 Å². The number of carbonyl (C=O) groups excluding carboxylic acids is 1. The molecule has 0 aliphatic heterocycles. The number of hydrogen-bond donors (Lipinski definition) is 1. The number of hydrogen-bond acceptors (Lipinski definition) is 2. The molecule has 3 aromatic carbocycles. The van der Waals surface area contributed by atoms with Gasteiger partial charge in [0.2, 0.25) is 0 Å². The number of alkyl halides is 3. The molecule has 0 aliphatic carbocycles. The number of amides is 1. The van der Waals surface area contributed by atoms with E-state index >= 15 is 0 Å². The fraction of sp³-hybridized carbons (Fsp3) is 0.148. The van der Waals surface area contributed by atoms with Gasteiger partial charge in [-0.1, -0.05) is 18.2 Å². The molecule has 4 aromatic rings. The summed E-state index contributed by atoms with van der Waals surface area (Å²) in [6, 6.07) is 16.2. The lowest BCUT2D eigenvalue weighted by Crippen LogP contribution is -2.15. The monoisotopic (exact) mass is 500 g/mol. The molecule has 9 heteroatoms. The summed E-state index contributed by atoms with van der Waals surface area (Å²) in [6.45, 7) is 3.11. The second kappa shape index (κ2) is 9.85. The van der Waals surface area contributed by atoms with Crippen LogP contribution in [0.5, 0.6) is 5.75 Å². The van der Waals surface area contributed by atoms with Gasteiger partial charge >= 0.3 is 6.18 Å². The van der Waals surface area contributed by atoms with Gasteiger partial charge in [-0.3, -0.25) is 4.79 Å². The molecule has 0 atom stereocenters. The zero-order valence-electron chi connectivity index (χ0n) is 19.3. The van der Waals surface area contributed by atoms with Gasteiger partial charge in [-0.05, 0) is 61.9 Å². The molecule has 36 heavy (non-hydrogen) atoms. The average molecular weight is 500 g/mol. The summed E-state index contributed by atoms with van der Waals surface area (Å²) in [6.07, 6.45) is -4.56. The predicted molar refractivity (Wildman–Crippen MR) is 125 cm³/mol. The number of rotatable bonds is 6. The summed E-state index contributed by atoms with van der Waals surface area (Å²) in [5, 5.41) is 2.72. The summed E-state index contributed by atoms with van der Waals surface area (Å²) in [4.78, 5) is 13.0. The molecule has 186 valence electrons. The molecule has 1 aromatic heterocycles. The lowest BCUT2D eigenvalue weighted by Gasteiger charge is -2.17. The number of nitrogens with zero attached hydrogens (tertiary/aromatic N) is 1. The van der Waals surface area contributed by atoms with Crippen molar-refractivity contribution >= 4 is 11.6 Å². The number of aryl methyl sites for hydroxylation is 1. The van der Waals surface area contributed by atoms with Gasteiger partial charge in [0.1, 0.15) is 24.0 Å². The minimum Gasteiger partial charge on any atom is -0.489 e. The van der Waals surface area contributed by atoms with Gasteiger partial charge in [-0.15, -0.1) is 0 Å². The van der Waals surface area contributed by atoms with Gasteiger partial charge in [0.05, 0.1) is 16.8 Å². The van der Waals surface area contributed by atoms with Gasteiger partial charge in [-0.25, -0.2) is 8.78 Å². The number of nitrogens with one attached hydrogen (secondary N) is 1. The Kier molecular flexibility index (Phi) is 6.83. The zero-order valence-corrected chi connectivity index (χ0v) is 19.3. The third-order valence-corrected chi connectivity index (χ3v) is 5.55. The molecule has 1 amide bonds. The Balaban J connectivity index is 1.54. The number of benzene rings is 3. The van der Waals surface area contributed by atoms with Crippen LogP contribution in [0, 0.1) is 25.5 Å². The maximum Gasteiger partial charge on any atom is 0.418 e. The van der Waals surface area contributed by atoms with Crippen LogP contribution in [0.2, 0.25) is 0 Å². The molecular weight excluding hydrogens is 479 g/mol. The van der Waals surface area contributed by atoms with Crippen LogP contribution >= 0.6 is 0 Å². The number of aromatic nitrogens is 1. The van der Waals surface area contributed by atoms with Crippen molar-refractivity contribution < 1.29 is 31.5 Å². The van der Waals surface area contributed by atoms with E-state index in [-0.39, 0.29) is 17.9 Å². The van der Waals surface area contributed by atoms with E-state index in [0.29, 0.717) is 28.4 Å². The number of ether oxygens (including phenoxy) is 1. The van der Waals surface area contributed by atoms with Crippen LogP contribution in [0.3, 0.4) is 0 Å². The third kappa shape index (κ3) is 5.40. The normalized spacial score (nSPS) is 11.4. The van der Waals surface area contributed by atoms with Crippen LogP contribution in [0.25, 0.3) is 5.69 Å². The lowest BCUT2D eigenvalue weighted by molar-refractivity contribution is -0.137. The van der Waals surface area contributed by atoms with Crippen molar-refractivity contribution in [2.75, 3.05) is 5.32 Å². The quantitative estimate of drug-likeness (QED) is 0.284. The Labute approximate surface area is 203 Å². The first-order chi connectivity index (χ1) is 17.0. The number of anilines is 1. The van der Waals surface area contributed by atoms with E-state index in [1.165, 1.54) is 34.9 Å². The Bertz CT molecular complexity index is 1410. The fourth-order valence-corrected chi connectivity index (χ4v) is 3.99. The predicted octanol–water partition coefficient (Wildman–Crippen LogP) is 7.22. The number of halogens is 5. The van der Waals surface area contributed by atoms with E-state index in [0.717, 1.165) is 24.3 Å². The van der Waals surface area contributed by atoms with Crippen LogP contribution in [-0.2, 0) is 12.8 Å². The van der Waals surface area contributed by atoms with E-state index in [1.54, 1.807) is 32.0 Å². The topological polar surface area (TPSA) is 43.3 Å². The van der Waals surface area contributed by atoms with E-state index in [9.17, 15) is 26.7 Å². The fourth-order valence-electron chi connectivity index (χ4n) is 3.99. The first-order valence-electron chi connectivity index (χ1n) is 10.9. The molecule has 1 heterocycles. The second-order valence-electron chi connectivity index (χ2n) is 8.18. The molecule has 0 unspecified atom stereocenters. The number of carbonyl (C=O) groups is 1. The summed E-state index contributed by atoms with van der Waals surface area (Å²) < 4.78 is 74.4. The van der Waals surface area contributed by atoms with E-state index in [1.807, 2.05) is 0 Å². The van der Waals surface area contributed by atoms with Crippen molar-refractivity contribution in [3.63, 3.8) is 0 Å². The van der Waals surface area contributed by atoms with Crippen LogP contribution in [0.15, 0.2) is 72.8 Å². The van der Waals surface area contributed by atoms with Crippen molar-refractivity contribution in [1.29, 1.82) is 0 Å². The summed E-state index contributed by atoms with van der Waals surface area (Å²) >= 11 is 0.